The summed E-state index contributed by atoms with van der Waals surface area (Å²) in [6.45, 7) is 9.01. The highest BCUT2D eigenvalue weighted by atomic mass is 32.2. The first kappa shape index (κ1) is 22.8. The van der Waals surface area contributed by atoms with E-state index in [9.17, 15) is 0 Å². The van der Waals surface area contributed by atoms with Crippen molar-refractivity contribution >= 4 is 17.0 Å². The molecule has 0 saturated carbocycles. The van der Waals surface area contributed by atoms with Gasteiger partial charge in [0.2, 0.25) is 0 Å². The van der Waals surface area contributed by atoms with E-state index in [2.05, 4.69) is 93.2 Å². The molecule has 0 spiro atoms. The molecule has 4 aromatic carbocycles. The van der Waals surface area contributed by atoms with Crippen molar-refractivity contribution in [3.05, 3.63) is 120 Å². The first-order valence-electron chi connectivity index (χ1n) is 11.1. The van der Waals surface area contributed by atoms with E-state index in [1.165, 1.54) is 14.7 Å². The highest BCUT2D eigenvalue weighted by Crippen LogP contribution is 2.35. The minimum atomic E-state index is -0.166. The molecule has 0 unspecified atom stereocenters. The molecule has 4 rings (SSSR count). The van der Waals surface area contributed by atoms with Crippen LogP contribution in [0.4, 0.5) is 0 Å². The molecule has 0 saturated heterocycles. The van der Waals surface area contributed by atoms with Gasteiger partial charge in [0.25, 0.3) is 0 Å². The Morgan fingerprint density at radius 3 is 1.70 bits per heavy atom. The summed E-state index contributed by atoms with van der Waals surface area (Å²) in [5, 5.41) is 0. The summed E-state index contributed by atoms with van der Waals surface area (Å²) in [7, 11) is -0.166. The van der Waals surface area contributed by atoms with Crippen molar-refractivity contribution in [3.8, 4) is 11.5 Å². The summed E-state index contributed by atoms with van der Waals surface area (Å²) < 4.78 is 12.0. The predicted octanol–water partition coefficient (Wildman–Crippen LogP) is 7.50. The number of benzene rings is 4. The van der Waals surface area contributed by atoms with Crippen molar-refractivity contribution in [2.24, 2.45) is 0 Å². The molecule has 33 heavy (non-hydrogen) atoms. The second-order valence-electron chi connectivity index (χ2n) is 7.79. The zero-order chi connectivity index (χ0) is 23.0. The molecule has 2 nitrogen and oxygen atoms in total. The Hall–Kier alpha value is -3.43. The molecule has 0 aliphatic carbocycles. The van der Waals surface area contributed by atoms with Crippen LogP contribution in [-0.2, 0) is 10.9 Å². The van der Waals surface area contributed by atoms with Crippen LogP contribution < -0.4 is 9.47 Å². The maximum absolute atomic E-state index is 6.14. The minimum absolute atomic E-state index is 0.166. The lowest BCUT2D eigenvalue weighted by Crippen LogP contribution is -2.11. The molecule has 3 heteroatoms. The second-order valence-corrected chi connectivity index (χ2v) is 9.82. The average molecular weight is 454 g/mol. The summed E-state index contributed by atoms with van der Waals surface area (Å²) in [6.07, 6.45) is 1.82. The van der Waals surface area contributed by atoms with Gasteiger partial charge < -0.3 is 9.47 Å². The SMILES string of the molecule is C=Cc1ccc(OCCOc2c(C)cc([S+](c3ccccc3)c3ccccc3)cc2C)cc1. The molecule has 0 aliphatic rings. The first-order valence-corrected chi connectivity index (χ1v) is 12.3. The van der Waals surface area contributed by atoms with E-state index < -0.39 is 0 Å². The van der Waals surface area contributed by atoms with Gasteiger partial charge in [-0.2, -0.15) is 0 Å². The number of hydrogen-bond donors (Lipinski definition) is 0. The Balaban J connectivity index is 1.50. The largest absolute Gasteiger partial charge is 0.490 e. The molecule has 166 valence electrons. The summed E-state index contributed by atoms with van der Waals surface area (Å²) in [6, 6.07) is 33.9. The highest BCUT2D eigenvalue weighted by molar-refractivity contribution is 7.97. The standard InChI is InChI=1S/C30H29O2S/c1-4-25-15-17-26(18-16-25)31-19-20-32-30-23(2)21-29(22-24(30)3)33(27-11-7-5-8-12-27)28-13-9-6-10-14-28/h4-18,21-22H,1,19-20H2,2-3H3/q+1. The van der Waals surface area contributed by atoms with Crippen molar-refractivity contribution in [1.82, 2.24) is 0 Å². The van der Waals surface area contributed by atoms with Crippen molar-refractivity contribution in [1.29, 1.82) is 0 Å². The van der Waals surface area contributed by atoms with Crippen molar-refractivity contribution in [2.75, 3.05) is 13.2 Å². The van der Waals surface area contributed by atoms with Crippen LogP contribution in [0.3, 0.4) is 0 Å². The Kier molecular flexibility index (Phi) is 7.54. The van der Waals surface area contributed by atoms with Gasteiger partial charge in [0, 0.05) is 12.1 Å². The molecule has 0 aromatic heterocycles. The van der Waals surface area contributed by atoms with Gasteiger partial charge >= 0.3 is 0 Å². The predicted molar refractivity (Wildman–Crippen MR) is 138 cm³/mol. The van der Waals surface area contributed by atoms with Crippen LogP contribution in [-0.4, -0.2) is 13.2 Å². The lowest BCUT2D eigenvalue weighted by molar-refractivity contribution is 0.215. The smallest absolute Gasteiger partial charge is 0.167 e. The molecule has 0 heterocycles. The molecular weight excluding hydrogens is 424 g/mol. The zero-order valence-corrected chi connectivity index (χ0v) is 20.0. The zero-order valence-electron chi connectivity index (χ0n) is 19.2. The van der Waals surface area contributed by atoms with Crippen LogP contribution >= 0.6 is 0 Å². The van der Waals surface area contributed by atoms with Crippen molar-refractivity contribution in [2.45, 2.75) is 28.5 Å². The van der Waals surface area contributed by atoms with Crippen LogP contribution in [0.2, 0.25) is 0 Å². The van der Waals surface area contributed by atoms with E-state index >= 15 is 0 Å². The molecular formula is C30H29O2S+. The molecule has 4 aromatic rings. The summed E-state index contributed by atoms with van der Waals surface area (Å²) >= 11 is 0. The summed E-state index contributed by atoms with van der Waals surface area (Å²) in [5.74, 6) is 1.77. The van der Waals surface area contributed by atoms with Crippen molar-refractivity contribution < 1.29 is 9.47 Å². The van der Waals surface area contributed by atoms with Crippen LogP contribution in [0.25, 0.3) is 6.08 Å². The van der Waals surface area contributed by atoms with Gasteiger partial charge in [-0.15, -0.1) is 0 Å². The lowest BCUT2D eigenvalue weighted by Gasteiger charge is -2.15. The molecule has 0 radical (unpaired) electrons. The normalized spacial score (nSPS) is 10.8. The number of ether oxygens (including phenoxy) is 2. The Labute approximate surface area is 199 Å². The topological polar surface area (TPSA) is 18.5 Å². The van der Waals surface area contributed by atoms with Crippen LogP contribution in [0, 0.1) is 13.8 Å². The van der Waals surface area contributed by atoms with Gasteiger partial charge in [0.15, 0.2) is 14.7 Å². The maximum Gasteiger partial charge on any atom is 0.167 e. The summed E-state index contributed by atoms with van der Waals surface area (Å²) in [4.78, 5) is 3.92. The van der Waals surface area contributed by atoms with Gasteiger partial charge in [-0.1, -0.05) is 61.2 Å². The minimum Gasteiger partial charge on any atom is -0.490 e. The quantitative estimate of drug-likeness (QED) is 0.193. The summed E-state index contributed by atoms with van der Waals surface area (Å²) in [5.41, 5.74) is 3.37. The second kappa shape index (κ2) is 10.9. The fraction of sp³-hybridized carbons (Fsp3) is 0.133. The van der Waals surface area contributed by atoms with E-state index in [4.69, 9.17) is 9.47 Å². The van der Waals surface area contributed by atoms with E-state index in [0.717, 1.165) is 28.2 Å². The lowest BCUT2D eigenvalue weighted by atomic mass is 10.1. The average Bonchev–Trinajstić information content (AvgIpc) is 2.85. The monoisotopic (exact) mass is 453 g/mol. The highest BCUT2D eigenvalue weighted by Gasteiger charge is 2.29. The third kappa shape index (κ3) is 5.68. The van der Waals surface area contributed by atoms with Crippen LogP contribution in [0.1, 0.15) is 16.7 Å². The Morgan fingerprint density at radius 2 is 1.18 bits per heavy atom. The van der Waals surface area contributed by atoms with Gasteiger partial charge in [-0.3, -0.25) is 0 Å². The fourth-order valence-corrected chi connectivity index (χ4v) is 6.05. The molecule has 0 bridgehead atoms. The van der Waals surface area contributed by atoms with Crippen LogP contribution in [0.5, 0.6) is 11.5 Å². The van der Waals surface area contributed by atoms with E-state index in [-0.39, 0.29) is 10.9 Å². The van der Waals surface area contributed by atoms with Crippen LogP contribution in [0.15, 0.2) is 118 Å². The third-order valence-corrected chi connectivity index (χ3v) is 7.54. The van der Waals surface area contributed by atoms with E-state index in [1.54, 1.807) is 0 Å². The van der Waals surface area contributed by atoms with Gasteiger partial charge in [0.05, 0.1) is 10.9 Å². The molecule has 0 amide bonds. The van der Waals surface area contributed by atoms with Crippen molar-refractivity contribution in [3.63, 3.8) is 0 Å². The van der Waals surface area contributed by atoms with Gasteiger partial charge in [-0.05, 0) is 66.9 Å². The molecule has 0 aliphatic heterocycles. The molecule has 0 N–H and O–H groups in total. The Bertz CT molecular complexity index is 1120. The molecule has 0 atom stereocenters. The number of aryl methyl sites for hydroxylation is 2. The fourth-order valence-electron chi connectivity index (χ4n) is 3.78. The van der Waals surface area contributed by atoms with Gasteiger partial charge in [0.1, 0.15) is 24.7 Å². The van der Waals surface area contributed by atoms with E-state index in [0.29, 0.717) is 13.2 Å². The molecule has 0 fully saturated rings. The van der Waals surface area contributed by atoms with Gasteiger partial charge in [-0.25, -0.2) is 0 Å². The maximum atomic E-state index is 6.14. The first-order chi connectivity index (χ1) is 16.2. The number of rotatable bonds is 9. The van der Waals surface area contributed by atoms with E-state index in [1.807, 2.05) is 30.3 Å². The number of hydrogen-bond acceptors (Lipinski definition) is 2. The Morgan fingerprint density at radius 1 is 0.667 bits per heavy atom. The third-order valence-electron chi connectivity index (χ3n) is 5.34.